The summed E-state index contributed by atoms with van der Waals surface area (Å²) >= 11 is 4.64. The van der Waals surface area contributed by atoms with Gasteiger partial charge in [-0.25, -0.2) is 15.0 Å². The Hall–Kier alpha value is -3.85. The predicted octanol–water partition coefficient (Wildman–Crippen LogP) is 4.54. The third-order valence-corrected chi connectivity index (χ3v) is 6.63. The van der Waals surface area contributed by atoms with Crippen molar-refractivity contribution in [1.82, 2.24) is 15.0 Å². The summed E-state index contributed by atoms with van der Waals surface area (Å²) in [6.07, 6.45) is 2.60. The smallest absolute Gasteiger partial charge is 0.419 e. The Morgan fingerprint density at radius 3 is 2.34 bits per heavy atom. The molecule has 1 unspecified atom stereocenters. The summed E-state index contributed by atoms with van der Waals surface area (Å²) in [5.41, 5.74) is -3.16. The SMILES string of the molecule is N#Cc1ncc(N2C(=O)C3(CCC3)N(c3ccc(Oc4cncnc4)cc3)C2S)cc1C(F)(F)F. The molecule has 178 valence electrons. The van der Waals surface area contributed by atoms with Gasteiger partial charge in [-0.15, -0.1) is 12.6 Å². The normalized spacial score (nSPS) is 18.9. The number of amides is 1. The van der Waals surface area contributed by atoms with Crippen LogP contribution in [0.2, 0.25) is 0 Å². The van der Waals surface area contributed by atoms with E-state index in [0.717, 1.165) is 18.7 Å². The molecule has 1 saturated heterocycles. The lowest BCUT2D eigenvalue weighted by atomic mass is 9.75. The molecule has 35 heavy (non-hydrogen) atoms. The fourth-order valence-electron chi connectivity index (χ4n) is 4.41. The van der Waals surface area contributed by atoms with Crippen LogP contribution in [0.1, 0.15) is 30.5 Å². The van der Waals surface area contributed by atoms with Gasteiger partial charge in [-0.1, -0.05) is 0 Å². The summed E-state index contributed by atoms with van der Waals surface area (Å²) in [4.78, 5) is 28.0. The molecule has 1 saturated carbocycles. The predicted molar refractivity (Wildman–Crippen MR) is 122 cm³/mol. The van der Waals surface area contributed by atoms with Gasteiger partial charge >= 0.3 is 6.18 Å². The van der Waals surface area contributed by atoms with Crippen molar-refractivity contribution < 1.29 is 22.7 Å². The van der Waals surface area contributed by atoms with Gasteiger partial charge in [0.2, 0.25) is 0 Å². The lowest BCUT2D eigenvalue weighted by Crippen LogP contribution is -2.55. The number of rotatable bonds is 4. The van der Waals surface area contributed by atoms with E-state index in [2.05, 4.69) is 27.6 Å². The van der Waals surface area contributed by atoms with Crippen molar-refractivity contribution in [2.75, 3.05) is 9.80 Å². The number of aromatic nitrogens is 3. The minimum Gasteiger partial charge on any atom is -0.454 e. The molecule has 8 nitrogen and oxygen atoms in total. The number of hydrogen-bond donors (Lipinski definition) is 1. The number of ether oxygens (including phenoxy) is 1. The standard InChI is InChI=1S/C23H17F3N6O2S/c24-23(25,26)18-8-15(10-30-19(18)9-27)31-20(33)22(6-1-7-22)32(21(31)35)14-2-4-16(5-3-14)34-17-11-28-13-29-12-17/h2-5,8,10-13,21,35H,1,6-7H2. The highest BCUT2D eigenvalue weighted by atomic mass is 32.1. The molecule has 1 atom stereocenters. The Morgan fingerprint density at radius 1 is 1.09 bits per heavy atom. The molecule has 1 aliphatic carbocycles. The number of alkyl halides is 3. The fourth-order valence-corrected chi connectivity index (χ4v) is 5.00. The average Bonchev–Trinajstić information content (AvgIpc) is 3.06. The molecule has 0 bridgehead atoms. The van der Waals surface area contributed by atoms with Crippen LogP contribution < -0.4 is 14.5 Å². The number of halogens is 3. The van der Waals surface area contributed by atoms with Crippen molar-refractivity contribution in [1.29, 1.82) is 5.26 Å². The van der Waals surface area contributed by atoms with Crippen LogP contribution in [0, 0.1) is 11.3 Å². The quantitative estimate of drug-likeness (QED) is 0.528. The molecule has 3 aromatic rings. The molecule has 3 heterocycles. The Balaban J connectivity index is 1.49. The minimum atomic E-state index is -4.80. The summed E-state index contributed by atoms with van der Waals surface area (Å²) in [5, 5.41) is 9.04. The fraction of sp³-hybridized carbons (Fsp3) is 0.261. The van der Waals surface area contributed by atoms with Gasteiger partial charge in [0.1, 0.15) is 23.7 Å². The zero-order valence-electron chi connectivity index (χ0n) is 18.0. The summed E-state index contributed by atoms with van der Waals surface area (Å²) < 4.78 is 46.3. The zero-order chi connectivity index (χ0) is 24.8. The maximum absolute atomic E-state index is 13.6. The van der Waals surface area contributed by atoms with E-state index in [0.29, 0.717) is 30.0 Å². The van der Waals surface area contributed by atoms with Crippen LogP contribution in [0.5, 0.6) is 11.5 Å². The average molecular weight is 498 g/mol. The van der Waals surface area contributed by atoms with Gasteiger partial charge in [-0.05, 0) is 49.6 Å². The number of thiol groups is 1. The molecule has 2 fully saturated rings. The second-order valence-electron chi connectivity index (χ2n) is 8.15. The number of anilines is 2. The summed E-state index contributed by atoms with van der Waals surface area (Å²) in [6.45, 7) is 0. The maximum atomic E-state index is 13.6. The first kappa shape index (κ1) is 22.9. The second kappa shape index (κ2) is 8.42. The van der Waals surface area contributed by atoms with Crippen LogP contribution >= 0.6 is 12.6 Å². The van der Waals surface area contributed by atoms with Crippen LogP contribution in [-0.4, -0.2) is 31.9 Å². The number of carbonyl (C=O) groups excluding carboxylic acids is 1. The Kier molecular flexibility index (Phi) is 5.52. The first-order valence-corrected chi connectivity index (χ1v) is 11.1. The lowest BCUT2D eigenvalue weighted by Gasteiger charge is -2.44. The van der Waals surface area contributed by atoms with Crippen molar-refractivity contribution in [2.45, 2.75) is 36.5 Å². The number of benzene rings is 1. The number of pyridine rings is 1. The number of hydrogen-bond acceptors (Lipinski definition) is 8. The molecule has 1 amide bonds. The van der Waals surface area contributed by atoms with Crippen LogP contribution in [0.3, 0.4) is 0 Å². The Morgan fingerprint density at radius 2 is 1.77 bits per heavy atom. The van der Waals surface area contributed by atoms with E-state index < -0.39 is 28.5 Å². The van der Waals surface area contributed by atoms with Crippen LogP contribution in [0.4, 0.5) is 24.5 Å². The van der Waals surface area contributed by atoms with E-state index in [1.54, 1.807) is 24.3 Å². The van der Waals surface area contributed by atoms with Gasteiger partial charge in [-0.3, -0.25) is 9.69 Å². The van der Waals surface area contributed by atoms with E-state index in [1.807, 2.05) is 4.90 Å². The molecular formula is C23H17F3N6O2S. The van der Waals surface area contributed by atoms with E-state index in [-0.39, 0.29) is 11.6 Å². The molecule has 0 radical (unpaired) electrons. The molecule has 2 aromatic heterocycles. The van der Waals surface area contributed by atoms with Gasteiger partial charge in [0.15, 0.2) is 16.9 Å². The van der Waals surface area contributed by atoms with Gasteiger partial charge < -0.3 is 9.64 Å². The van der Waals surface area contributed by atoms with Crippen molar-refractivity contribution in [2.24, 2.45) is 0 Å². The zero-order valence-corrected chi connectivity index (χ0v) is 18.9. The number of nitrogens with zero attached hydrogens (tertiary/aromatic N) is 6. The molecule has 5 rings (SSSR count). The molecule has 1 aliphatic heterocycles. The molecular weight excluding hydrogens is 481 g/mol. The van der Waals surface area contributed by atoms with Gasteiger partial charge in [0.05, 0.1) is 29.8 Å². The highest BCUT2D eigenvalue weighted by Gasteiger charge is 2.60. The van der Waals surface area contributed by atoms with Crippen LogP contribution in [0.25, 0.3) is 0 Å². The molecule has 0 N–H and O–H groups in total. The monoisotopic (exact) mass is 498 g/mol. The number of nitriles is 1. The van der Waals surface area contributed by atoms with Gasteiger partial charge in [0.25, 0.3) is 5.91 Å². The summed E-state index contributed by atoms with van der Waals surface area (Å²) in [7, 11) is 0. The molecule has 2 aliphatic rings. The topological polar surface area (TPSA) is 95.2 Å². The summed E-state index contributed by atoms with van der Waals surface area (Å²) in [5.74, 6) is 0.625. The highest BCUT2D eigenvalue weighted by molar-refractivity contribution is 7.81. The van der Waals surface area contributed by atoms with Crippen molar-refractivity contribution in [3.63, 3.8) is 0 Å². The second-order valence-corrected chi connectivity index (χ2v) is 8.61. The third-order valence-electron chi connectivity index (χ3n) is 6.17. The molecule has 1 spiro atoms. The van der Waals surface area contributed by atoms with Crippen LogP contribution in [-0.2, 0) is 11.0 Å². The highest BCUT2D eigenvalue weighted by Crippen LogP contribution is 2.50. The van der Waals surface area contributed by atoms with E-state index in [9.17, 15) is 18.0 Å². The van der Waals surface area contributed by atoms with Crippen LogP contribution in [0.15, 0.2) is 55.2 Å². The largest absolute Gasteiger partial charge is 0.454 e. The van der Waals surface area contributed by atoms with Crippen molar-refractivity contribution in [3.05, 3.63) is 66.5 Å². The molecule has 12 heteroatoms. The molecule has 1 aromatic carbocycles. The lowest BCUT2D eigenvalue weighted by molar-refractivity contribution is -0.138. The van der Waals surface area contributed by atoms with Crippen molar-refractivity contribution in [3.8, 4) is 17.6 Å². The summed E-state index contributed by atoms with van der Waals surface area (Å²) in [6, 6.07) is 9.19. The van der Waals surface area contributed by atoms with E-state index in [4.69, 9.17) is 10.00 Å². The van der Waals surface area contributed by atoms with E-state index >= 15 is 0 Å². The van der Waals surface area contributed by atoms with Crippen molar-refractivity contribution >= 4 is 29.9 Å². The first-order chi connectivity index (χ1) is 16.7. The Labute approximate surface area is 203 Å². The minimum absolute atomic E-state index is 0.0702. The third kappa shape index (κ3) is 3.81. The first-order valence-electron chi connectivity index (χ1n) is 10.6. The number of carbonyl (C=O) groups is 1. The van der Waals surface area contributed by atoms with E-state index in [1.165, 1.54) is 29.7 Å². The maximum Gasteiger partial charge on any atom is 0.419 e. The Bertz CT molecular complexity index is 1310. The van der Waals surface area contributed by atoms with Gasteiger partial charge in [-0.2, -0.15) is 18.4 Å². The van der Waals surface area contributed by atoms with Gasteiger partial charge in [0, 0.05) is 5.69 Å².